The number of phenolic OH excluding ortho intramolecular Hbond substituents is 1. The number of carbonyl (C=O) groups is 1. The Bertz CT molecular complexity index is 760. The predicted molar refractivity (Wildman–Crippen MR) is 113 cm³/mol. The van der Waals surface area contributed by atoms with Gasteiger partial charge in [0.15, 0.2) is 0 Å². The zero-order valence-electron chi connectivity index (χ0n) is 17.0. The summed E-state index contributed by atoms with van der Waals surface area (Å²) in [7, 11) is 1.62. The summed E-state index contributed by atoms with van der Waals surface area (Å²) in [5.74, 6) is 0.946. The third-order valence-electron chi connectivity index (χ3n) is 4.82. The summed E-state index contributed by atoms with van der Waals surface area (Å²) in [6, 6.07) is 14.1. The molecular formula is C24H30O4. The number of aromatic hydroxyl groups is 1. The number of phenols is 1. The first-order valence-corrected chi connectivity index (χ1v) is 9.89. The highest BCUT2D eigenvalue weighted by atomic mass is 16.5. The number of esters is 1. The van der Waals surface area contributed by atoms with Crippen molar-refractivity contribution in [2.75, 3.05) is 13.7 Å². The minimum atomic E-state index is -0.351. The van der Waals surface area contributed by atoms with E-state index in [1.165, 1.54) is 0 Å². The van der Waals surface area contributed by atoms with E-state index in [4.69, 9.17) is 9.47 Å². The molecule has 0 saturated heterocycles. The van der Waals surface area contributed by atoms with Crippen molar-refractivity contribution < 1.29 is 19.4 Å². The lowest BCUT2D eigenvalue weighted by Crippen LogP contribution is -2.15. The Morgan fingerprint density at radius 3 is 2.32 bits per heavy atom. The number of unbranched alkanes of at least 4 members (excludes halogenated alkanes) is 1. The molecule has 1 unspecified atom stereocenters. The first-order valence-electron chi connectivity index (χ1n) is 9.89. The number of hydrogen-bond acceptors (Lipinski definition) is 4. The van der Waals surface area contributed by atoms with E-state index in [1.807, 2.05) is 24.3 Å². The molecule has 0 heterocycles. The molecule has 2 rings (SSSR count). The molecule has 0 spiro atoms. The van der Waals surface area contributed by atoms with Crippen molar-refractivity contribution in [3.63, 3.8) is 0 Å². The standard InChI is InChI=1S/C24H30O4/c1-4-6-7-18(5-2)17-28-24(26)23(20-10-12-21(25)13-11-20)16-19-8-14-22(27-3)15-9-19/h8-16,18,25H,4-7,17H2,1-3H3. The van der Waals surface area contributed by atoms with Crippen molar-refractivity contribution in [1.82, 2.24) is 0 Å². The van der Waals surface area contributed by atoms with Crippen molar-refractivity contribution in [2.24, 2.45) is 5.92 Å². The minimum absolute atomic E-state index is 0.159. The highest BCUT2D eigenvalue weighted by molar-refractivity contribution is 6.21. The van der Waals surface area contributed by atoms with Crippen molar-refractivity contribution >= 4 is 17.6 Å². The second-order valence-electron chi connectivity index (χ2n) is 6.89. The van der Waals surface area contributed by atoms with Crippen LogP contribution in [0.5, 0.6) is 11.5 Å². The van der Waals surface area contributed by atoms with E-state index in [-0.39, 0.29) is 11.7 Å². The van der Waals surface area contributed by atoms with Gasteiger partial charge in [-0.2, -0.15) is 0 Å². The van der Waals surface area contributed by atoms with Gasteiger partial charge in [-0.25, -0.2) is 4.79 Å². The summed E-state index contributed by atoms with van der Waals surface area (Å²) in [4.78, 5) is 12.9. The highest BCUT2D eigenvalue weighted by Crippen LogP contribution is 2.24. The van der Waals surface area contributed by atoms with E-state index in [9.17, 15) is 9.90 Å². The summed E-state index contributed by atoms with van der Waals surface area (Å²) in [5.41, 5.74) is 2.05. The average molecular weight is 383 g/mol. The van der Waals surface area contributed by atoms with Gasteiger partial charge < -0.3 is 14.6 Å². The van der Waals surface area contributed by atoms with Gasteiger partial charge in [0.2, 0.25) is 0 Å². The highest BCUT2D eigenvalue weighted by Gasteiger charge is 2.16. The molecule has 0 fully saturated rings. The van der Waals surface area contributed by atoms with Gasteiger partial charge in [-0.05, 0) is 53.8 Å². The van der Waals surface area contributed by atoms with Gasteiger partial charge in [-0.3, -0.25) is 0 Å². The van der Waals surface area contributed by atoms with E-state index in [0.29, 0.717) is 23.7 Å². The molecule has 1 atom stereocenters. The number of benzene rings is 2. The van der Waals surface area contributed by atoms with Crippen LogP contribution >= 0.6 is 0 Å². The molecule has 2 aromatic rings. The van der Waals surface area contributed by atoms with Gasteiger partial charge in [-0.15, -0.1) is 0 Å². The fraction of sp³-hybridized carbons (Fsp3) is 0.375. The molecule has 0 aliphatic heterocycles. The summed E-state index contributed by atoms with van der Waals surface area (Å²) in [6.07, 6.45) is 6.14. The summed E-state index contributed by atoms with van der Waals surface area (Å²) in [6.45, 7) is 4.72. The molecule has 0 aliphatic rings. The quantitative estimate of drug-likeness (QED) is 0.325. The molecule has 4 heteroatoms. The lowest BCUT2D eigenvalue weighted by molar-refractivity contribution is -0.138. The lowest BCUT2D eigenvalue weighted by Gasteiger charge is -2.16. The van der Waals surface area contributed by atoms with Gasteiger partial charge in [0, 0.05) is 0 Å². The van der Waals surface area contributed by atoms with Crippen LogP contribution < -0.4 is 4.74 Å². The number of hydrogen-bond donors (Lipinski definition) is 1. The smallest absolute Gasteiger partial charge is 0.338 e. The number of methoxy groups -OCH3 is 1. The molecule has 28 heavy (non-hydrogen) atoms. The summed E-state index contributed by atoms with van der Waals surface area (Å²) in [5, 5.41) is 9.57. The van der Waals surface area contributed by atoms with E-state index in [1.54, 1.807) is 37.5 Å². The maximum Gasteiger partial charge on any atom is 0.338 e. The van der Waals surface area contributed by atoms with Crippen molar-refractivity contribution in [1.29, 1.82) is 0 Å². The Kier molecular flexibility index (Phi) is 8.60. The topological polar surface area (TPSA) is 55.8 Å². The van der Waals surface area contributed by atoms with Crippen LogP contribution in [0.15, 0.2) is 48.5 Å². The van der Waals surface area contributed by atoms with Crippen LogP contribution in [0.1, 0.15) is 50.7 Å². The van der Waals surface area contributed by atoms with Gasteiger partial charge in [0.1, 0.15) is 11.5 Å². The Labute approximate surface area is 167 Å². The van der Waals surface area contributed by atoms with Crippen LogP contribution in [0.2, 0.25) is 0 Å². The zero-order chi connectivity index (χ0) is 20.4. The Hall–Kier alpha value is -2.75. The van der Waals surface area contributed by atoms with Crippen LogP contribution in [0.4, 0.5) is 0 Å². The number of carbonyl (C=O) groups excluding carboxylic acids is 1. The normalized spacial score (nSPS) is 12.5. The van der Waals surface area contributed by atoms with E-state index in [2.05, 4.69) is 13.8 Å². The van der Waals surface area contributed by atoms with Crippen LogP contribution in [-0.4, -0.2) is 24.8 Å². The second kappa shape index (κ2) is 11.2. The Balaban J connectivity index is 2.23. The van der Waals surface area contributed by atoms with E-state index in [0.717, 1.165) is 37.0 Å². The van der Waals surface area contributed by atoms with Crippen molar-refractivity contribution in [3.05, 3.63) is 59.7 Å². The Morgan fingerprint density at radius 1 is 1.07 bits per heavy atom. The van der Waals surface area contributed by atoms with Gasteiger partial charge >= 0.3 is 5.97 Å². The summed E-state index contributed by atoms with van der Waals surface area (Å²) >= 11 is 0. The second-order valence-corrected chi connectivity index (χ2v) is 6.89. The molecule has 1 N–H and O–H groups in total. The largest absolute Gasteiger partial charge is 0.508 e. The maximum atomic E-state index is 12.9. The zero-order valence-corrected chi connectivity index (χ0v) is 17.0. The minimum Gasteiger partial charge on any atom is -0.508 e. The third-order valence-corrected chi connectivity index (χ3v) is 4.82. The van der Waals surface area contributed by atoms with Gasteiger partial charge in [0.05, 0.1) is 19.3 Å². The molecule has 0 radical (unpaired) electrons. The molecule has 0 bridgehead atoms. The molecule has 0 saturated carbocycles. The predicted octanol–water partition coefficient (Wildman–Crippen LogP) is 5.70. The molecule has 150 valence electrons. The molecule has 0 aliphatic carbocycles. The van der Waals surface area contributed by atoms with Crippen LogP contribution in [0.3, 0.4) is 0 Å². The summed E-state index contributed by atoms with van der Waals surface area (Å²) < 4.78 is 10.9. The Morgan fingerprint density at radius 2 is 1.75 bits per heavy atom. The molecule has 0 aromatic heterocycles. The molecular weight excluding hydrogens is 352 g/mol. The average Bonchev–Trinajstić information content (AvgIpc) is 2.73. The third kappa shape index (κ3) is 6.45. The SMILES string of the molecule is CCCCC(CC)COC(=O)C(=Cc1ccc(OC)cc1)c1ccc(O)cc1. The monoisotopic (exact) mass is 382 g/mol. The maximum absolute atomic E-state index is 12.9. The molecule has 4 nitrogen and oxygen atoms in total. The van der Waals surface area contributed by atoms with Crippen LogP contribution in [0, 0.1) is 5.92 Å². The number of rotatable bonds is 10. The first-order chi connectivity index (χ1) is 13.6. The molecule has 2 aromatic carbocycles. The fourth-order valence-electron chi connectivity index (χ4n) is 2.94. The van der Waals surface area contributed by atoms with Gasteiger partial charge in [-0.1, -0.05) is 57.4 Å². The van der Waals surface area contributed by atoms with Crippen LogP contribution in [0.25, 0.3) is 11.6 Å². The first kappa shape index (κ1) is 21.5. The van der Waals surface area contributed by atoms with Crippen molar-refractivity contribution in [3.8, 4) is 11.5 Å². The molecule has 0 amide bonds. The lowest BCUT2D eigenvalue weighted by atomic mass is 10.00. The van der Waals surface area contributed by atoms with E-state index < -0.39 is 0 Å². The van der Waals surface area contributed by atoms with Crippen LogP contribution in [-0.2, 0) is 9.53 Å². The van der Waals surface area contributed by atoms with Crippen molar-refractivity contribution in [2.45, 2.75) is 39.5 Å². The van der Waals surface area contributed by atoms with E-state index >= 15 is 0 Å². The van der Waals surface area contributed by atoms with Gasteiger partial charge in [0.25, 0.3) is 0 Å². The number of ether oxygens (including phenoxy) is 2. The fourth-order valence-corrected chi connectivity index (χ4v) is 2.94.